The van der Waals surface area contributed by atoms with Gasteiger partial charge in [-0.15, -0.1) is 0 Å². The van der Waals surface area contributed by atoms with E-state index in [1.54, 1.807) is 13.2 Å². The van der Waals surface area contributed by atoms with Crippen molar-refractivity contribution in [2.24, 2.45) is 0 Å². The van der Waals surface area contributed by atoms with Crippen molar-refractivity contribution in [1.82, 2.24) is 0 Å². The lowest BCUT2D eigenvalue weighted by molar-refractivity contribution is -0.148. The molecule has 0 aliphatic rings. The molecule has 0 fully saturated rings. The Balaban J connectivity index is 2.42. The Morgan fingerprint density at radius 1 is 1.41 bits per heavy atom. The molecule has 0 spiro atoms. The topological polar surface area (TPSA) is 61.5 Å². The SMILES string of the molecule is COCCC(C)OC(=O)Cc1ccccc1N. The molecule has 4 heteroatoms. The van der Waals surface area contributed by atoms with Crippen LogP contribution in [0.4, 0.5) is 5.69 Å². The average Bonchev–Trinajstić information content (AvgIpc) is 2.29. The fourth-order valence-corrected chi connectivity index (χ4v) is 1.46. The molecular formula is C13H19NO3. The second kappa shape index (κ2) is 6.91. The second-order valence-electron chi connectivity index (χ2n) is 3.96. The number of para-hydroxylation sites is 1. The number of rotatable bonds is 6. The van der Waals surface area contributed by atoms with Crippen LogP contribution in [0.15, 0.2) is 24.3 Å². The van der Waals surface area contributed by atoms with Crippen LogP contribution in [0.25, 0.3) is 0 Å². The minimum atomic E-state index is -0.258. The van der Waals surface area contributed by atoms with E-state index in [1.807, 2.05) is 25.1 Å². The van der Waals surface area contributed by atoms with Crippen LogP contribution >= 0.6 is 0 Å². The monoisotopic (exact) mass is 237 g/mol. The van der Waals surface area contributed by atoms with Crippen LogP contribution in [-0.4, -0.2) is 25.8 Å². The maximum Gasteiger partial charge on any atom is 0.310 e. The van der Waals surface area contributed by atoms with E-state index in [1.165, 1.54) is 0 Å². The predicted molar refractivity (Wildman–Crippen MR) is 66.6 cm³/mol. The molecule has 94 valence electrons. The molecular weight excluding hydrogens is 218 g/mol. The molecule has 0 aromatic heterocycles. The smallest absolute Gasteiger partial charge is 0.310 e. The summed E-state index contributed by atoms with van der Waals surface area (Å²) in [5.41, 5.74) is 7.17. The molecule has 0 aliphatic carbocycles. The Labute approximate surface area is 102 Å². The van der Waals surface area contributed by atoms with Crippen molar-refractivity contribution in [3.63, 3.8) is 0 Å². The molecule has 0 heterocycles. The maximum atomic E-state index is 11.6. The fraction of sp³-hybridized carbons (Fsp3) is 0.462. The minimum Gasteiger partial charge on any atom is -0.462 e. The van der Waals surface area contributed by atoms with Gasteiger partial charge in [0.2, 0.25) is 0 Å². The molecule has 1 atom stereocenters. The van der Waals surface area contributed by atoms with Crippen LogP contribution in [-0.2, 0) is 20.7 Å². The van der Waals surface area contributed by atoms with Gasteiger partial charge in [-0.05, 0) is 18.6 Å². The van der Waals surface area contributed by atoms with Crippen molar-refractivity contribution in [2.45, 2.75) is 25.9 Å². The number of benzene rings is 1. The van der Waals surface area contributed by atoms with Crippen LogP contribution in [0.1, 0.15) is 18.9 Å². The molecule has 1 unspecified atom stereocenters. The average molecular weight is 237 g/mol. The van der Waals surface area contributed by atoms with Crippen molar-refractivity contribution in [1.29, 1.82) is 0 Å². The zero-order valence-corrected chi connectivity index (χ0v) is 10.3. The van der Waals surface area contributed by atoms with Crippen molar-refractivity contribution in [2.75, 3.05) is 19.5 Å². The quantitative estimate of drug-likeness (QED) is 0.605. The summed E-state index contributed by atoms with van der Waals surface area (Å²) in [7, 11) is 1.62. The van der Waals surface area contributed by atoms with Crippen molar-refractivity contribution >= 4 is 11.7 Å². The molecule has 0 aliphatic heterocycles. The lowest BCUT2D eigenvalue weighted by Crippen LogP contribution is -2.18. The van der Waals surface area contributed by atoms with Crippen LogP contribution in [0.5, 0.6) is 0 Å². The van der Waals surface area contributed by atoms with E-state index in [0.29, 0.717) is 18.7 Å². The minimum absolute atomic E-state index is 0.132. The van der Waals surface area contributed by atoms with Gasteiger partial charge in [0.25, 0.3) is 0 Å². The third kappa shape index (κ3) is 4.87. The number of nitrogens with two attached hydrogens (primary N) is 1. The van der Waals surface area contributed by atoms with E-state index in [-0.39, 0.29) is 18.5 Å². The molecule has 17 heavy (non-hydrogen) atoms. The lowest BCUT2D eigenvalue weighted by atomic mass is 10.1. The Hall–Kier alpha value is -1.55. The van der Waals surface area contributed by atoms with Crippen LogP contribution in [0, 0.1) is 0 Å². The zero-order valence-electron chi connectivity index (χ0n) is 10.3. The van der Waals surface area contributed by atoms with E-state index >= 15 is 0 Å². The van der Waals surface area contributed by atoms with E-state index in [2.05, 4.69) is 0 Å². The number of carbonyl (C=O) groups is 1. The number of esters is 1. The number of hydrogen-bond acceptors (Lipinski definition) is 4. The van der Waals surface area contributed by atoms with Gasteiger partial charge < -0.3 is 15.2 Å². The Bertz CT molecular complexity index is 365. The molecule has 0 radical (unpaired) electrons. The van der Waals surface area contributed by atoms with E-state index in [4.69, 9.17) is 15.2 Å². The van der Waals surface area contributed by atoms with Crippen LogP contribution in [0.3, 0.4) is 0 Å². The molecule has 0 bridgehead atoms. The van der Waals surface area contributed by atoms with E-state index in [0.717, 1.165) is 5.56 Å². The van der Waals surface area contributed by atoms with Crippen molar-refractivity contribution < 1.29 is 14.3 Å². The number of carbonyl (C=O) groups excluding carboxylic acids is 1. The first-order chi connectivity index (χ1) is 8.13. The predicted octanol–water partition coefficient (Wildman–Crippen LogP) is 1.78. The van der Waals surface area contributed by atoms with E-state index < -0.39 is 0 Å². The molecule has 0 saturated carbocycles. The van der Waals surface area contributed by atoms with Gasteiger partial charge in [0.15, 0.2) is 0 Å². The van der Waals surface area contributed by atoms with Gasteiger partial charge in [-0.3, -0.25) is 4.79 Å². The summed E-state index contributed by atoms with van der Waals surface area (Å²) in [4.78, 5) is 11.6. The Kier molecular flexibility index (Phi) is 5.49. The zero-order chi connectivity index (χ0) is 12.7. The molecule has 2 N–H and O–H groups in total. The Morgan fingerprint density at radius 2 is 2.12 bits per heavy atom. The summed E-state index contributed by atoms with van der Waals surface area (Å²) in [6.45, 7) is 2.44. The largest absolute Gasteiger partial charge is 0.462 e. The summed E-state index contributed by atoms with van der Waals surface area (Å²) in [6.07, 6.45) is 0.781. The number of nitrogen functional groups attached to an aromatic ring is 1. The van der Waals surface area contributed by atoms with Gasteiger partial charge in [0, 0.05) is 25.8 Å². The van der Waals surface area contributed by atoms with Crippen molar-refractivity contribution in [3.8, 4) is 0 Å². The first-order valence-corrected chi connectivity index (χ1v) is 5.65. The number of methoxy groups -OCH3 is 1. The molecule has 1 rings (SSSR count). The summed E-state index contributed by atoms with van der Waals surface area (Å²) in [5, 5.41) is 0. The third-order valence-electron chi connectivity index (χ3n) is 2.45. The molecule has 0 amide bonds. The second-order valence-corrected chi connectivity index (χ2v) is 3.96. The summed E-state index contributed by atoms with van der Waals surface area (Å²) in [6, 6.07) is 7.30. The van der Waals surface area contributed by atoms with Gasteiger partial charge >= 0.3 is 5.97 Å². The highest BCUT2D eigenvalue weighted by molar-refractivity contribution is 5.74. The highest BCUT2D eigenvalue weighted by Gasteiger charge is 2.11. The highest BCUT2D eigenvalue weighted by Crippen LogP contribution is 2.12. The first kappa shape index (κ1) is 13.5. The third-order valence-corrected chi connectivity index (χ3v) is 2.45. The molecule has 4 nitrogen and oxygen atoms in total. The van der Waals surface area contributed by atoms with Crippen LogP contribution in [0.2, 0.25) is 0 Å². The Morgan fingerprint density at radius 3 is 2.76 bits per heavy atom. The van der Waals surface area contributed by atoms with Gasteiger partial charge in [-0.2, -0.15) is 0 Å². The number of ether oxygens (including phenoxy) is 2. The van der Waals surface area contributed by atoms with E-state index in [9.17, 15) is 4.79 Å². The fourth-order valence-electron chi connectivity index (χ4n) is 1.46. The van der Waals surface area contributed by atoms with Crippen LogP contribution < -0.4 is 5.73 Å². The van der Waals surface area contributed by atoms with Gasteiger partial charge in [-0.1, -0.05) is 18.2 Å². The number of anilines is 1. The molecule has 1 aromatic rings. The summed E-state index contributed by atoms with van der Waals surface area (Å²) >= 11 is 0. The van der Waals surface area contributed by atoms with Gasteiger partial charge in [-0.25, -0.2) is 0 Å². The summed E-state index contributed by atoms with van der Waals surface area (Å²) < 4.78 is 10.2. The summed E-state index contributed by atoms with van der Waals surface area (Å²) in [5.74, 6) is -0.258. The first-order valence-electron chi connectivity index (χ1n) is 5.65. The highest BCUT2D eigenvalue weighted by atomic mass is 16.5. The normalized spacial score (nSPS) is 12.1. The molecule has 0 saturated heterocycles. The van der Waals surface area contributed by atoms with Gasteiger partial charge in [0.1, 0.15) is 6.10 Å². The number of hydrogen-bond donors (Lipinski definition) is 1. The lowest BCUT2D eigenvalue weighted by Gasteiger charge is -2.13. The maximum absolute atomic E-state index is 11.6. The molecule has 1 aromatic carbocycles. The van der Waals surface area contributed by atoms with Crippen molar-refractivity contribution in [3.05, 3.63) is 29.8 Å². The van der Waals surface area contributed by atoms with Gasteiger partial charge in [0.05, 0.1) is 6.42 Å². The standard InChI is InChI=1S/C13H19NO3/c1-10(7-8-16-2)17-13(15)9-11-5-3-4-6-12(11)14/h3-6,10H,7-9,14H2,1-2H3.